The fourth-order valence-electron chi connectivity index (χ4n) is 1.67. The molecule has 92 valence electrons. The van der Waals surface area contributed by atoms with E-state index in [0.29, 0.717) is 6.42 Å². The number of benzene rings is 1. The average molecular weight is 271 g/mol. The number of sulfone groups is 1. The minimum Gasteiger partial charge on any atom is -0.466 e. The Balaban J connectivity index is 1.87. The topological polar surface area (TPSA) is 55.4 Å². The smallest absolute Gasteiger partial charge is 0.261 e. The molecule has 4 nitrogen and oxygen atoms in total. The van der Waals surface area contributed by atoms with Crippen LogP contribution in [0.3, 0.4) is 0 Å². The second kappa shape index (κ2) is 5.01. The van der Waals surface area contributed by atoms with Gasteiger partial charge < -0.3 is 10.1 Å². The summed E-state index contributed by atoms with van der Waals surface area (Å²) < 4.78 is 27.9. The molecular weight excluding hydrogens is 258 g/mol. The SMILES string of the molecule is O=S1(=O)CC[C@@H](OC(=S)Nc2ccccc2)C1. The van der Waals surface area contributed by atoms with Gasteiger partial charge in [0.05, 0.1) is 11.5 Å². The van der Waals surface area contributed by atoms with Gasteiger partial charge in [0.1, 0.15) is 6.10 Å². The summed E-state index contributed by atoms with van der Waals surface area (Å²) in [6.07, 6.45) is 0.197. The van der Waals surface area contributed by atoms with Gasteiger partial charge in [0.15, 0.2) is 9.84 Å². The van der Waals surface area contributed by atoms with Gasteiger partial charge in [-0.15, -0.1) is 0 Å². The number of anilines is 1. The van der Waals surface area contributed by atoms with Gasteiger partial charge in [-0.25, -0.2) is 8.42 Å². The van der Waals surface area contributed by atoms with Gasteiger partial charge in [-0.1, -0.05) is 18.2 Å². The van der Waals surface area contributed by atoms with Crippen LogP contribution in [0.1, 0.15) is 6.42 Å². The van der Waals surface area contributed by atoms with Gasteiger partial charge in [0.2, 0.25) is 0 Å². The van der Waals surface area contributed by atoms with Gasteiger partial charge in [-0.05, 0) is 30.8 Å². The van der Waals surface area contributed by atoms with Crippen molar-refractivity contribution in [2.24, 2.45) is 0 Å². The lowest BCUT2D eigenvalue weighted by Gasteiger charge is -2.13. The highest BCUT2D eigenvalue weighted by molar-refractivity contribution is 7.91. The van der Waals surface area contributed by atoms with Gasteiger partial charge in [0.25, 0.3) is 5.17 Å². The van der Waals surface area contributed by atoms with Crippen LogP contribution in [0, 0.1) is 0 Å². The molecule has 0 aromatic heterocycles. The molecule has 0 unspecified atom stereocenters. The molecule has 0 radical (unpaired) electrons. The highest BCUT2D eigenvalue weighted by Crippen LogP contribution is 2.16. The van der Waals surface area contributed by atoms with Crippen molar-refractivity contribution in [2.75, 3.05) is 16.8 Å². The number of hydrogen-bond donors (Lipinski definition) is 1. The van der Waals surface area contributed by atoms with Crippen molar-refractivity contribution < 1.29 is 13.2 Å². The molecule has 17 heavy (non-hydrogen) atoms. The van der Waals surface area contributed by atoms with Crippen molar-refractivity contribution in [3.05, 3.63) is 30.3 Å². The highest BCUT2D eigenvalue weighted by Gasteiger charge is 2.29. The van der Waals surface area contributed by atoms with E-state index in [-0.39, 0.29) is 22.8 Å². The summed E-state index contributed by atoms with van der Waals surface area (Å²) in [4.78, 5) is 0. The first kappa shape index (κ1) is 12.3. The Kier molecular flexibility index (Phi) is 3.63. The van der Waals surface area contributed by atoms with E-state index < -0.39 is 9.84 Å². The number of hydrogen-bond acceptors (Lipinski definition) is 4. The van der Waals surface area contributed by atoms with Crippen LogP contribution >= 0.6 is 12.2 Å². The van der Waals surface area contributed by atoms with Crippen LogP contribution in [0.2, 0.25) is 0 Å². The van der Waals surface area contributed by atoms with Crippen LogP contribution in [0.5, 0.6) is 0 Å². The fraction of sp³-hybridized carbons (Fsp3) is 0.364. The van der Waals surface area contributed by atoms with Crippen molar-refractivity contribution in [1.82, 2.24) is 0 Å². The van der Waals surface area contributed by atoms with Crippen molar-refractivity contribution >= 4 is 32.9 Å². The Morgan fingerprint density at radius 1 is 1.35 bits per heavy atom. The molecular formula is C11H13NO3S2. The van der Waals surface area contributed by atoms with Gasteiger partial charge in [0, 0.05) is 5.69 Å². The zero-order chi connectivity index (χ0) is 12.3. The van der Waals surface area contributed by atoms with Crippen LogP contribution in [0.15, 0.2) is 30.3 Å². The molecule has 0 aliphatic carbocycles. The molecule has 0 bridgehead atoms. The zero-order valence-corrected chi connectivity index (χ0v) is 10.8. The van der Waals surface area contributed by atoms with E-state index in [1.165, 1.54) is 0 Å². The van der Waals surface area contributed by atoms with E-state index in [0.717, 1.165) is 5.69 Å². The van der Waals surface area contributed by atoms with Crippen LogP contribution in [-0.2, 0) is 14.6 Å². The summed E-state index contributed by atoms with van der Waals surface area (Å²) >= 11 is 5.02. The molecule has 6 heteroatoms. The molecule has 0 spiro atoms. The van der Waals surface area contributed by atoms with Crippen molar-refractivity contribution in [3.63, 3.8) is 0 Å². The number of rotatable bonds is 2. The molecule has 0 amide bonds. The standard InChI is InChI=1S/C11H13NO3S2/c13-17(14)7-6-10(8-17)15-11(16)12-9-4-2-1-3-5-9/h1-5,10H,6-8H2,(H,12,16)/t10-/m1/s1. The molecule has 1 aliphatic rings. The minimum absolute atomic E-state index is 0.0591. The van der Waals surface area contributed by atoms with Crippen LogP contribution in [0.4, 0.5) is 5.69 Å². The largest absolute Gasteiger partial charge is 0.466 e. The minimum atomic E-state index is -2.93. The first-order valence-electron chi connectivity index (χ1n) is 5.28. The predicted molar refractivity (Wildman–Crippen MR) is 70.8 cm³/mol. The Morgan fingerprint density at radius 2 is 2.06 bits per heavy atom. The molecule has 1 aromatic rings. The van der Waals surface area contributed by atoms with E-state index in [1.54, 1.807) is 0 Å². The summed E-state index contributed by atoms with van der Waals surface area (Å²) in [5.41, 5.74) is 0.832. The Hall–Kier alpha value is -1.14. The van der Waals surface area contributed by atoms with E-state index in [4.69, 9.17) is 17.0 Å². The first-order valence-corrected chi connectivity index (χ1v) is 7.51. The zero-order valence-electron chi connectivity index (χ0n) is 9.13. The van der Waals surface area contributed by atoms with Crippen molar-refractivity contribution in [3.8, 4) is 0 Å². The second-order valence-electron chi connectivity index (χ2n) is 3.92. The third-order valence-electron chi connectivity index (χ3n) is 2.48. The molecule has 1 aromatic carbocycles. The summed E-state index contributed by atoms with van der Waals surface area (Å²) in [6.45, 7) is 0. The Labute approximate surface area is 106 Å². The summed E-state index contributed by atoms with van der Waals surface area (Å²) in [5, 5.41) is 3.13. The molecule has 2 rings (SSSR count). The summed E-state index contributed by atoms with van der Waals surface area (Å²) in [7, 11) is -2.93. The van der Waals surface area contributed by atoms with E-state index in [1.807, 2.05) is 30.3 Å². The lowest BCUT2D eigenvalue weighted by molar-refractivity contribution is 0.221. The van der Waals surface area contributed by atoms with Gasteiger partial charge >= 0.3 is 0 Å². The fourth-order valence-corrected chi connectivity index (χ4v) is 3.52. The highest BCUT2D eigenvalue weighted by atomic mass is 32.2. The monoisotopic (exact) mass is 271 g/mol. The third-order valence-corrected chi connectivity index (χ3v) is 4.42. The molecule has 1 saturated heterocycles. The molecule has 1 fully saturated rings. The third kappa shape index (κ3) is 3.67. The molecule has 0 saturated carbocycles. The lowest BCUT2D eigenvalue weighted by atomic mass is 10.3. The lowest BCUT2D eigenvalue weighted by Crippen LogP contribution is -2.23. The van der Waals surface area contributed by atoms with E-state index in [9.17, 15) is 8.42 Å². The number of para-hydroxylation sites is 1. The van der Waals surface area contributed by atoms with Gasteiger partial charge in [-0.2, -0.15) is 0 Å². The second-order valence-corrected chi connectivity index (χ2v) is 6.52. The quantitative estimate of drug-likeness (QED) is 0.828. The first-order chi connectivity index (χ1) is 8.05. The maximum Gasteiger partial charge on any atom is 0.261 e. The normalized spacial score (nSPS) is 22.0. The summed E-state index contributed by atoms with van der Waals surface area (Å²) in [5.74, 6) is 0.245. The average Bonchev–Trinajstić information content (AvgIpc) is 2.59. The maximum atomic E-state index is 11.2. The predicted octanol–water partition coefficient (Wildman–Crippen LogP) is 1.59. The van der Waals surface area contributed by atoms with Crippen molar-refractivity contribution in [1.29, 1.82) is 0 Å². The van der Waals surface area contributed by atoms with Crippen LogP contribution < -0.4 is 5.32 Å². The number of nitrogens with one attached hydrogen (secondary N) is 1. The Morgan fingerprint density at radius 3 is 2.65 bits per heavy atom. The van der Waals surface area contributed by atoms with Crippen LogP contribution in [0.25, 0.3) is 0 Å². The number of ether oxygens (including phenoxy) is 1. The van der Waals surface area contributed by atoms with Gasteiger partial charge in [-0.3, -0.25) is 0 Å². The molecule has 1 aliphatic heterocycles. The molecule has 1 N–H and O–H groups in total. The van der Waals surface area contributed by atoms with Crippen molar-refractivity contribution in [2.45, 2.75) is 12.5 Å². The molecule has 1 heterocycles. The maximum absolute atomic E-state index is 11.2. The van der Waals surface area contributed by atoms with E-state index in [2.05, 4.69) is 5.32 Å². The van der Waals surface area contributed by atoms with Crippen LogP contribution in [-0.4, -0.2) is 31.2 Å². The summed E-state index contributed by atoms with van der Waals surface area (Å²) in [6, 6.07) is 9.39. The molecule has 1 atom stereocenters. The Bertz CT molecular complexity index is 499. The number of thiocarbonyl (C=S) groups is 1. The van der Waals surface area contributed by atoms with E-state index >= 15 is 0 Å².